The van der Waals surface area contributed by atoms with Crippen molar-refractivity contribution in [3.63, 3.8) is 0 Å². The van der Waals surface area contributed by atoms with Crippen LogP contribution in [0.4, 0.5) is 11.4 Å². The lowest BCUT2D eigenvalue weighted by Crippen LogP contribution is -3.00. The van der Waals surface area contributed by atoms with E-state index < -0.39 is 5.97 Å². The van der Waals surface area contributed by atoms with Crippen LogP contribution < -0.4 is 21.9 Å². The molecule has 47 heavy (non-hydrogen) atoms. The molecule has 0 radical (unpaired) electrons. The number of anilines is 1. The maximum atomic E-state index is 11.0. The molecule has 0 spiro atoms. The topological polar surface area (TPSA) is 43.5 Å². The van der Waals surface area contributed by atoms with Crippen molar-refractivity contribution in [1.82, 2.24) is 0 Å². The number of aliphatic carboxylic acids is 1. The lowest BCUT2D eigenvalue weighted by molar-refractivity contribution is -0.438. The number of carboxylic acids is 1. The lowest BCUT2D eigenvalue weighted by Gasteiger charge is -2.28. The van der Waals surface area contributed by atoms with Crippen LogP contribution in [0.5, 0.6) is 0 Å². The summed E-state index contributed by atoms with van der Waals surface area (Å²) in [6.07, 6.45) is 16.1. The maximum absolute atomic E-state index is 11.0. The summed E-state index contributed by atoms with van der Waals surface area (Å²) >= 11 is 7.21. The molecule has 0 saturated heterocycles. The van der Waals surface area contributed by atoms with Gasteiger partial charge in [0.15, 0.2) is 5.71 Å². The summed E-state index contributed by atoms with van der Waals surface area (Å²) in [5.41, 5.74) is 10.1. The number of rotatable bonds is 12. The highest BCUT2D eigenvalue weighted by atomic mass is 79.9. The van der Waals surface area contributed by atoms with Gasteiger partial charge in [0.2, 0.25) is 5.69 Å². The number of carboxylic acid groups (broad SMARTS) is 1. The minimum Gasteiger partial charge on any atom is -1.00 e. The van der Waals surface area contributed by atoms with Crippen molar-refractivity contribution < 1.29 is 31.5 Å². The molecule has 0 bridgehead atoms. The van der Waals surface area contributed by atoms with Gasteiger partial charge < -0.3 is 27.0 Å². The first-order valence-corrected chi connectivity index (χ1v) is 17.6. The van der Waals surface area contributed by atoms with Gasteiger partial charge in [-0.3, -0.25) is 4.79 Å². The van der Waals surface area contributed by atoms with Gasteiger partial charge in [-0.1, -0.05) is 87.8 Å². The Kier molecular flexibility index (Phi) is 12.2. The summed E-state index contributed by atoms with van der Waals surface area (Å²) in [7, 11) is 0. The molecule has 1 N–H and O–H groups in total. The second-order valence-electron chi connectivity index (χ2n) is 14.6. The molecule has 0 fully saturated rings. The van der Waals surface area contributed by atoms with Gasteiger partial charge >= 0.3 is 5.97 Å². The Balaban J connectivity index is 0.00000500. The lowest BCUT2D eigenvalue weighted by atomic mass is 9.81. The molecule has 6 heteroatoms. The van der Waals surface area contributed by atoms with Crippen LogP contribution in [0.15, 0.2) is 94.7 Å². The first-order chi connectivity index (χ1) is 21.9. The number of halogens is 2. The minimum absolute atomic E-state index is 0. The number of fused-ring (bicyclic) bond motifs is 2. The predicted molar refractivity (Wildman–Crippen MR) is 194 cm³/mol. The second-order valence-corrected chi connectivity index (χ2v) is 15.0. The van der Waals surface area contributed by atoms with E-state index in [1.165, 1.54) is 45.1 Å². The average Bonchev–Trinajstić information content (AvgIpc) is 3.37. The number of nitrogens with zero attached hydrogens (tertiary/aromatic N) is 2. The molecule has 2 heterocycles. The molecule has 1 aliphatic carbocycles. The summed E-state index contributed by atoms with van der Waals surface area (Å²) in [5, 5.41) is 9.94. The number of unbranched alkanes of at least 4 members (excludes halogenated alkanes) is 2. The Morgan fingerprint density at radius 2 is 1.64 bits per heavy atom. The number of para-hydroxylation sites is 2. The first-order valence-electron chi connectivity index (χ1n) is 17.2. The molecule has 0 unspecified atom stereocenters. The molecule has 0 atom stereocenters. The van der Waals surface area contributed by atoms with Crippen molar-refractivity contribution in [1.29, 1.82) is 0 Å². The third-order valence-electron chi connectivity index (χ3n) is 10.1. The van der Waals surface area contributed by atoms with Crippen molar-refractivity contribution in [2.45, 2.75) is 104 Å². The standard InChI is InChI=1S/C41H51ClN2O2.BrH/c1-29(2)26-28-44-35-20-12-10-18-33(35)41(5,6)37(44)25-23-31-16-14-15-30(39(31)42)22-24-36-40(3,4)32-17-9-11-19-34(32)43(36)27-13-7-8-21-38(45)46;/h9-12,17-20,22-25,29H,7-8,13-16,21,26-28H2,1-6H3;1H. The van der Waals surface area contributed by atoms with E-state index in [0.717, 1.165) is 56.6 Å². The van der Waals surface area contributed by atoms with E-state index in [4.69, 9.17) is 16.7 Å². The monoisotopic (exact) mass is 718 g/mol. The number of benzene rings is 2. The van der Waals surface area contributed by atoms with Gasteiger partial charge in [-0.25, -0.2) is 0 Å². The molecular formula is C41H52BrClN2O2. The van der Waals surface area contributed by atoms with Crippen molar-refractivity contribution in [2.75, 3.05) is 18.0 Å². The van der Waals surface area contributed by atoms with Gasteiger partial charge in [-0.15, -0.1) is 0 Å². The molecule has 0 amide bonds. The zero-order chi connectivity index (χ0) is 33.1. The van der Waals surface area contributed by atoms with E-state index in [1.54, 1.807) is 0 Å². The van der Waals surface area contributed by atoms with Gasteiger partial charge in [0, 0.05) is 58.9 Å². The fourth-order valence-electron chi connectivity index (χ4n) is 7.44. The van der Waals surface area contributed by atoms with Gasteiger partial charge in [0.1, 0.15) is 6.54 Å². The van der Waals surface area contributed by atoms with Crippen LogP contribution in [-0.2, 0) is 15.6 Å². The second kappa shape index (κ2) is 15.6. The first kappa shape index (κ1) is 36.9. The molecule has 0 saturated carbocycles. The van der Waals surface area contributed by atoms with Crippen LogP contribution in [0, 0.1) is 5.92 Å². The van der Waals surface area contributed by atoms with Crippen LogP contribution in [-0.4, -0.2) is 34.5 Å². The third-order valence-corrected chi connectivity index (χ3v) is 10.6. The van der Waals surface area contributed by atoms with E-state index in [-0.39, 0.29) is 34.2 Å². The van der Waals surface area contributed by atoms with Gasteiger partial charge in [-0.2, -0.15) is 4.58 Å². The summed E-state index contributed by atoms with van der Waals surface area (Å²) in [5.74, 6) is -0.0745. The van der Waals surface area contributed by atoms with Crippen LogP contribution >= 0.6 is 11.6 Å². The molecular weight excluding hydrogens is 668 g/mol. The normalized spacial score (nSPS) is 20.0. The molecule has 5 rings (SSSR count). The largest absolute Gasteiger partial charge is 1.00 e. The van der Waals surface area contributed by atoms with E-state index in [9.17, 15) is 4.79 Å². The predicted octanol–water partition coefficient (Wildman–Crippen LogP) is 7.60. The molecule has 2 aromatic carbocycles. The van der Waals surface area contributed by atoms with E-state index in [1.807, 2.05) is 0 Å². The van der Waals surface area contributed by atoms with Crippen LogP contribution in [0.1, 0.15) is 104 Å². The zero-order valence-corrected chi connectivity index (χ0v) is 31.4. The molecule has 2 aromatic rings. The van der Waals surface area contributed by atoms with Crippen molar-refractivity contribution in [2.24, 2.45) is 5.92 Å². The van der Waals surface area contributed by atoms with Gasteiger partial charge in [0.25, 0.3) is 0 Å². The van der Waals surface area contributed by atoms with Crippen LogP contribution in [0.2, 0.25) is 0 Å². The summed E-state index contributed by atoms with van der Waals surface area (Å²) in [4.78, 5) is 13.5. The van der Waals surface area contributed by atoms with Crippen molar-refractivity contribution in [3.05, 3.63) is 106 Å². The van der Waals surface area contributed by atoms with Crippen molar-refractivity contribution >= 4 is 34.7 Å². The fourth-order valence-corrected chi connectivity index (χ4v) is 7.76. The summed E-state index contributed by atoms with van der Waals surface area (Å²) in [6, 6.07) is 17.5. The van der Waals surface area contributed by atoms with E-state index in [0.29, 0.717) is 12.3 Å². The van der Waals surface area contributed by atoms with Crippen molar-refractivity contribution in [3.8, 4) is 0 Å². The van der Waals surface area contributed by atoms with E-state index in [2.05, 4.69) is 124 Å². The quantitative estimate of drug-likeness (QED) is 0.182. The van der Waals surface area contributed by atoms with Crippen LogP contribution in [0.3, 0.4) is 0 Å². The number of hydrogen-bond acceptors (Lipinski definition) is 2. The SMILES string of the molecule is CC(C)CCN1/C(=C\C=C2/CCCC(/C=C/C3=[N+](CCCCCC(=O)O)c4ccccc4C3(C)C)=C2Cl)C(C)(C)c2ccccc21.[Br-]. The maximum Gasteiger partial charge on any atom is 0.303 e. The molecule has 3 aliphatic rings. The fraction of sp³-hybridized carbons (Fsp3) is 0.463. The Labute approximate surface area is 298 Å². The number of carbonyl (C=O) groups is 1. The molecule has 4 nitrogen and oxygen atoms in total. The highest BCUT2D eigenvalue weighted by Crippen LogP contribution is 2.48. The molecule has 2 aliphatic heterocycles. The minimum atomic E-state index is -0.717. The van der Waals surface area contributed by atoms with Crippen LogP contribution in [0.25, 0.3) is 0 Å². The highest BCUT2D eigenvalue weighted by molar-refractivity contribution is 6.32. The Bertz CT molecular complexity index is 1630. The zero-order valence-electron chi connectivity index (χ0n) is 29.1. The number of hydrogen-bond donors (Lipinski definition) is 1. The third kappa shape index (κ3) is 7.89. The average molecular weight is 720 g/mol. The highest BCUT2D eigenvalue weighted by Gasteiger charge is 2.44. The summed E-state index contributed by atoms with van der Waals surface area (Å²) < 4.78 is 2.44. The Hall–Kier alpha value is -2.89. The van der Waals surface area contributed by atoms with E-state index >= 15 is 0 Å². The Morgan fingerprint density at radius 1 is 0.936 bits per heavy atom. The number of allylic oxidation sites excluding steroid dienone is 8. The summed E-state index contributed by atoms with van der Waals surface area (Å²) in [6.45, 7) is 15.8. The molecule has 0 aromatic heterocycles. The smallest absolute Gasteiger partial charge is 0.303 e. The Morgan fingerprint density at radius 3 is 2.36 bits per heavy atom. The molecule has 252 valence electrons. The van der Waals surface area contributed by atoms with Gasteiger partial charge in [0.05, 0.1) is 5.41 Å². The van der Waals surface area contributed by atoms with Gasteiger partial charge in [-0.05, 0) is 87.1 Å².